The third kappa shape index (κ3) is 3.72. The minimum Gasteiger partial charge on any atom is -0.388 e. The maximum Gasteiger partial charge on any atom is 0.0860 e. The van der Waals surface area contributed by atoms with Crippen LogP contribution in [0.15, 0.2) is 77.0 Å². The van der Waals surface area contributed by atoms with Gasteiger partial charge in [-0.25, -0.2) is 0 Å². The van der Waals surface area contributed by atoms with E-state index < -0.39 is 6.10 Å². The molecule has 2 aromatic rings. The fourth-order valence-electron chi connectivity index (χ4n) is 1.85. The topological polar surface area (TPSA) is 20.2 Å². The van der Waals surface area contributed by atoms with E-state index >= 15 is 0 Å². The second kappa shape index (κ2) is 6.60. The lowest BCUT2D eigenvalue weighted by atomic mass is 9.97. The Morgan fingerprint density at radius 2 is 1.53 bits per heavy atom. The Morgan fingerprint density at radius 3 is 2.11 bits per heavy atom. The number of hydrogen-bond donors (Lipinski definition) is 1. The molecule has 2 heteroatoms. The molecule has 98 valence electrons. The highest BCUT2D eigenvalue weighted by atomic mass is 32.2. The van der Waals surface area contributed by atoms with Crippen molar-refractivity contribution in [3.8, 4) is 0 Å². The molecule has 2 rings (SSSR count). The number of benzene rings is 2. The van der Waals surface area contributed by atoms with Crippen LogP contribution in [0.25, 0.3) is 0 Å². The fraction of sp³-hybridized carbons (Fsp3) is 0.176. The summed E-state index contributed by atoms with van der Waals surface area (Å²) in [5, 5.41) is 10.4. The molecule has 0 saturated heterocycles. The van der Waals surface area contributed by atoms with Crippen LogP contribution >= 0.6 is 11.8 Å². The monoisotopic (exact) mass is 270 g/mol. The van der Waals surface area contributed by atoms with Crippen molar-refractivity contribution in [3.63, 3.8) is 0 Å². The average molecular weight is 270 g/mol. The van der Waals surface area contributed by atoms with Crippen molar-refractivity contribution < 1.29 is 5.11 Å². The lowest BCUT2D eigenvalue weighted by molar-refractivity contribution is 0.138. The van der Waals surface area contributed by atoms with Gasteiger partial charge in [0.2, 0.25) is 0 Å². The van der Waals surface area contributed by atoms with Gasteiger partial charge in [-0.3, -0.25) is 0 Å². The van der Waals surface area contributed by atoms with Gasteiger partial charge >= 0.3 is 0 Å². The first-order valence-corrected chi connectivity index (χ1v) is 7.15. The molecule has 19 heavy (non-hydrogen) atoms. The van der Waals surface area contributed by atoms with Crippen LogP contribution in [0.4, 0.5) is 0 Å². The molecule has 0 aliphatic rings. The summed E-state index contributed by atoms with van der Waals surface area (Å²) in [6, 6.07) is 19.8. The van der Waals surface area contributed by atoms with Crippen LogP contribution in [-0.4, -0.2) is 5.11 Å². The van der Waals surface area contributed by atoms with Gasteiger partial charge in [0, 0.05) is 10.8 Å². The number of aliphatic hydroxyl groups is 1. The van der Waals surface area contributed by atoms with E-state index in [-0.39, 0.29) is 5.92 Å². The van der Waals surface area contributed by atoms with Crippen molar-refractivity contribution >= 4 is 11.8 Å². The minimum absolute atomic E-state index is 0.00704. The van der Waals surface area contributed by atoms with E-state index in [4.69, 9.17) is 0 Å². The quantitative estimate of drug-likeness (QED) is 0.797. The number of thioether (sulfide) groups is 1. The van der Waals surface area contributed by atoms with Crippen molar-refractivity contribution in [3.05, 3.63) is 77.7 Å². The van der Waals surface area contributed by atoms with Gasteiger partial charge in [-0.05, 0) is 22.6 Å². The van der Waals surface area contributed by atoms with Gasteiger partial charge in [0.25, 0.3) is 0 Å². The number of hydrogen-bond acceptors (Lipinski definition) is 2. The minimum atomic E-state index is -0.509. The molecule has 0 aliphatic carbocycles. The molecular weight excluding hydrogens is 252 g/mol. The molecule has 0 unspecified atom stereocenters. The average Bonchev–Trinajstić information content (AvgIpc) is 2.47. The van der Waals surface area contributed by atoms with Gasteiger partial charge in [-0.2, -0.15) is 0 Å². The van der Waals surface area contributed by atoms with Crippen LogP contribution in [0.3, 0.4) is 0 Å². The molecule has 0 saturated carbocycles. The predicted molar refractivity (Wildman–Crippen MR) is 82.0 cm³/mol. The van der Waals surface area contributed by atoms with Crippen LogP contribution in [0.5, 0.6) is 0 Å². The zero-order valence-corrected chi connectivity index (χ0v) is 11.8. The summed E-state index contributed by atoms with van der Waals surface area (Å²) >= 11 is 1.62. The number of aliphatic hydroxyl groups excluding tert-OH is 1. The third-order valence-corrected chi connectivity index (χ3v) is 4.26. The molecule has 2 aromatic carbocycles. The maximum absolute atomic E-state index is 10.4. The van der Waals surface area contributed by atoms with Crippen molar-refractivity contribution in [2.45, 2.75) is 17.9 Å². The molecule has 0 amide bonds. The maximum atomic E-state index is 10.4. The molecule has 0 heterocycles. The van der Waals surface area contributed by atoms with Gasteiger partial charge < -0.3 is 5.11 Å². The van der Waals surface area contributed by atoms with E-state index in [0.717, 1.165) is 15.4 Å². The Bertz CT molecular complexity index is 521. The molecule has 1 nitrogen and oxygen atoms in total. The fourth-order valence-corrected chi connectivity index (χ4v) is 2.76. The lowest BCUT2D eigenvalue weighted by Gasteiger charge is -2.21. The summed E-state index contributed by atoms with van der Waals surface area (Å²) in [7, 11) is 0. The zero-order chi connectivity index (χ0) is 13.7. The molecule has 0 aromatic heterocycles. The third-order valence-electron chi connectivity index (χ3n) is 3.11. The van der Waals surface area contributed by atoms with Crippen molar-refractivity contribution in [2.24, 2.45) is 5.92 Å². The van der Waals surface area contributed by atoms with E-state index in [1.807, 2.05) is 55.5 Å². The van der Waals surface area contributed by atoms with Crippen LogP contribution in [0.2, 0.25) is 0 Å². The Balaban J connectivity index is 2.03. The molecule has 0 fully saturated rings. The summed E-state index contributed by atoms with van der Waals surface area (Å²) in [6.07, 6.45) is -0.509. The van der Waals surface area contributed by atoms with Crippen LogP contribution in [0.1, 0.15) is 18.6 Å². The Labute approximate surface area is 119 Å². The Hall–Kier alpha value is -1.51. The van der Waals surface area contributed by atoms with Crippen molar-refractivity contribution in [2.75, 3.05) is 0 Å². The number of rotatable bonds is 5. The summed E-state index contributed by atoms with van der Waals surface area (Å²) in [4.78, 5) is 2.13. The van der Waals surface area contributed by atoms with Crippen molar-refractivity contribution in [1.82, 2.24) is 0 Å². The van der Waals surface area contributed by atoms with E-state index in [1.54, 1.807) is 11.8 Å². The standard InChI is InChI=1S/C17H18OS/c1-13(17(18)15-9-5-3-6-10-15)14(2)19-16-11-7-4-8-12-16/h3-13,17-18H,2H2,1H3/t13-,17+/m1/s1. The second-order valence-corrected chi connectivity index (χ2v) is 5.73. The van der Waals surface area contributed by atoms with Crippen LogP contribution in [-0.2, 0) is 0 Å². The molecule has 0 radical (unpaired) electrons. The summed E-state index contributed by atoms with van der Waals surface area (Å²) in [5.74, 6) is 0.00704. The van der Waals surface area contributed by atoms with Gasteiger partial charge in [-0.15, -0.1) is 0 Å². The highest BCUT2D eigenvalue weighted by Crippen LogP contribution is 2.36. The zero-order valence-electron chi connectivity index (χ0n) is 11.0. The Kier molecular flexibility index (Phi) is 4.83. The van der Waals surface area contributed by atoms with E-state index in [9.17, 15) is 5.11 Å². The molecule has 1 N–H and O–H groups in total. The smallest absolute Gasteiger partial charge is 0.0860 e. The van der Waals surface area contributed by atoms with Gasteiger partial charge in [-0.1, -0.05) is 73.8 Å². The predicted octanol–water partition coefficient (Wildman–Crippen LogP) is 4.66. The second-order valence-electron chi connectivity index (χ2n) is 4.53. The lowest BCUT2D eigenvalue weighted by Crippen LogP contribution is -2.09. The highest BCUT2D eigenvalue weighted by molar-refractivity contribution is 8.03. The van der Waals surface area contributed by atoms with Gasteiger partial charge in [0.15, 0.2) is 0 Å². The first kappa shape index (κ1) is 13.9. The normalized spacial score (nSPS) is 13.8. The molecule has 0 spiro atoms. The van der Waals surface area contributed by atoms with E-state index in [1.165, 1.54) is 0 Å². The SMILES string of the molecule is C=C(Sc1ccccc1)[C@@H](C)[C@H](O)c1ccccc1. The van der Waals surface area contributed by atoms with Gasteiger partial charge in [0.1, 0.15) is 0 Å². The van der Waals surface area contributed by atoms with Gasteiger partial charge in [0.05, 0.1) is 6.10 Å². The largest absolute Gasteiger partial charge is 0.388 e. The van der Waals surface area contributed by atoms with E-state index in [2.05, 4.69) is 18.7 Å². The van der Waals surface area contributed by atoms with Crippen molar-refractivity contribution in [1.29, 1.82) is 0 Å². The first-order valence-electron chi connectivity index (χ1n) is 6.33. The van der Waals surface area contributed by atoms with Crippen LogP contribution < -0.4 is 0 Å². The molecular formula is C17H18OS. The first-order chi connectivity index (χ1) is 9.18. The summed E-state index contributed by atoms with van der Waals surface area (Å²) < 4.78 is 0. The highest BCUT2D eigenvalue weighted by Gasteiger charge is 2.19. The summed E-state index contributed by atoms with van der Waals surface area (Å²) in [5.41, 5.74) is 0.935. The molecule has 2 atom stereocenters. The summed E-state index contributed by atoms with van der Waals surface area (Å²) in [6.45, 7) is 6.11. The molecule has 0 aliphatic heterocycles. The van der Waals surface area contributed by atoms with E-state index in [0.29, 0.717) is 0 Å². The van der Waals surface area contributed by atoms with Crippen LogP contribution in [0, 0.1) is 5.92 Å². The Morgan fingerprint density at radius 1 is 1.00 bits per heavy atom. The molecule has 0 bridgehead atoms.